The van der Waals surface area contributed by atoms with Crippen molar-refractivity contribution >= 4 is 17.0 Å². The Hall–Kier alpha value is -3.02. The molecule has 1 heterocycles. The SMILES string of the molecule is CCOc1ccccc1CNC(=O)n1oc2ccccc2c1=O. The van der Waals surface area contributed by atoms with E-state index in [0.29, 0.717) is 23.3 Å². The van der Waals surface area contributed by atoms with Gasteiger partial charge in [0.1, 0.15) is 5.75 Å². The van der Waals surface area contributed by atoms with Crippen molar-refractivity contribution in [2.45, 2.75) is 13.5 Å². The average molecular weight is 312 g/mol. The second-order valence-corrected chi connectivity index (χ2v) is 4.89. The molecule has 0 radical (unpaired) electrons. The molecule has 0 saturated carbocycles. The summed E-state index contributed by atoms with van der Waals surface area (Å²) in [5.74, 6) is 0.701. The predicted octanol–water partition coefficient (Wildman–Crippen LogP) is 2.75. The van der Waals surface area contributed by atoms with E-state index in [4.69, 9.17) is 9.26 Å². The van der Waals surface area contributed by atoms with E-state index in [1.807, 2.05) is 31.2 Å². The van der Waals surface area contributed by atoms with Crippen molar-refractivity contribution in [3.63, 3.8) is 0 Å². The van der Waals surface area contributed by atoms with Gasteiger partial charge in [-0.2, -0.15) is 0 Å². The van der Waals surface area contributed by atoms with Crippen molar-refractivity contribution < 1.29 is 14.1 Å². The molecular formula is C17H16N2O4. The molecule has 0 fully saturated rings. The molecule has 0 spiro atoms. The third kappa shape index (κ3) is 2.96. The summed E-state index contributed by atoms with van der Waals surface area (Å²) >= 11 is 0. The van der Waals surface area contributed by atoms with Crippen molar-refractivity contribution in [3.05, 3.63) is 64.4 Å². The molecule has 6 nitrogen and oxygen atoms in total. The Balaban J connectivity index is 1.79. The molecule has 118 valence electrons. The van der Waals surface area contributed by atoms with Crippen LogP contribution in [-0.4, -0.2) is 17.4 Å². The van der Waals surface area contributed by atoms with Crippen LogP contribution in [0.1, 0.15) is 12.5 Å². The Kier molecular flexibility index (Phi) is 4.14. The fourth-order valence-electron chi connectivity index (χ4n) is 2.29. The number of aromatic nitrogens is 1. The molecule has 2 aromatic carbocycles. The first-order chi connectivity index (χ1) is 11.2. The Morgan fingerprint density at radius 2 is 1.91 bits per heavy atom. The largest absolute Gasteiger partial charge is 0.494 e. The second kappa shape index (κ2) is 6.39. The Morgan fingerprint density at radius 3 is 2.70 bits per heavy atom. The van der Waals surface area contributed by atoms with Gasteiger partial charge < -0.3 is 14.6 Å². The number of carbonyl (C=O) groups excluding carboxylic acids is 1. The topological polar surface area (TPSA) is 73.5 Å². The highest BCUT2D eigenvalue weighted by Gasteiger charge is 2.15. The summed E-state index contributed by atoms with van der Waals surface area (Å²) in [6, 6.07) is 13.5. The molecule has 0 atom stereocenters. The average Bonchev–Trinajstić information content (AvgIpc) is 2.91. The summed E-state index contributed by atoms with van der Waals surface area (Å²) in [4.78, 5) is 24.3. The molecule has 1 N–H and O–H groups in total. The fraction of sp³-hybridized carbons (Fsp3) is 0.176. The van der Waals surface area contributed by atoms with Gasteiger partial charge in [-0.15, -0.1) is 0 Å². The number of carbonyl (C=O) groups is 1. The summed E-state index contributed by atoms with van der Waals surface area (Å²) in [5, 5.41) is 3.04. The Labute approximate surface area is 132 Å². The van der Waals surface area contributed by atoms with Crippen LogP contribution in [0.2, 0.25) is 0 Å². The molecule has 23 heavy (non-hydrogen) atoms. The Bertz CT molecular complexity index is 895. The van der Waals surface area contributed by atoms with E-state index in [-0.39, 0.29) is 6.54 Å². The minimum atomic E-state index is -0.613. The zero-order valence-corrected chi connectivity index (χ0v) is 12.6. The molecule has 6 heteroatoms. The first-order valence-electron chi connectivity index (χ1n) is 7.30. The zero-order chi connectivity index (χ0) is 16.2. The van der Waals surface area contributed by atoms with Crippen LogP contribution in [0.4, 0.5) is 4.79 Å². The van der Waals surface area contributed by atoms with Gasteiger partial charge in [0.25, 0.3) is 5.56 Å². The highest BCUT2D eigenvalue weighted by Crippen LogP contribution is 2.17. The second-order valence-electron chi connectivity index (χ2n) is 4.89. The van der Waals surface area contributed by atoms with Crippen LogP contribution in [0.5, 0.6) is 5.75 Å². The number of amides is 1. The highest BCUT2D eigenvalue weighted by molar-refractivity contribution is 5.82. The molecule has 0 aliphatic rings. The molecule has 0 aliphatic heterocycles. The maximum absolute atomic E-state index is 12.2. The number of nitrogens with zero attached hydrogens (tertiary/aromatic N) is 1. The molecular weight excluding hydrogens is 296 g/mol. The van der Waals surface area contributed by atoms with Gasteiger partial charge in [-0.25, -0.2) is 4.79 Å². The third-order valence-electron chi connectivity index (χ3n) is 3.38. The van der Waals surface area contributed by atoms with Gasteiger partial charge in [-0.3, -0.25) is 4.79 Å². The lowest BCUT2D eigenvalue weighted by Gasteiger charge is -2.10. The maximum Gasteiger partial charge on any atom is 0.358 e. The van der Waals surface area contributed by atoms with Gasteiger partial charge >= 0.3 is 6.03 Å². The van der Waals surface area contributed by atoms with Gasteiger partial charge in [-0.1, -0.05) is 35.1 Å². The van der Waals surface area contributed by atoms with Gasteiger partial charge in [-0.05, 0) is 25.1 Å². The van der Waals surface area contributed by atoms with Crippen LogP contribution < -0.4 is 15.6 Å². The van der Waals surface area contributed by atoms with Gasteiger partial charge in [0.15, 0.2) is 5.58 Å². The Morgan fingerprint density at radius 1 is 1.17 bits per heavy atom. The van der Waals surface area contributed by atoms with Crippen LogP contribution >= 0.6 is 0 Å². The number of nitrogens with one attached hydrogen (secondary N) is 1. The molecule has 1 aromatic heterocycles. The summed E-state index contributed by atoms with van der Waals surface area (Å²) < 4.78 is 11.5. The van der Waals surface area contributed by atoms with Crippen LogP contribution in [0.3, 0.4) is 0 Å². The van der Waals surface area contributed by atoms with Crippen molar-refractivity contribution in [1.82, 2.24) is 10.1 Å². The van der Waals surface area contributed by atoms with E-state index in [2.05, 4.69) is 5.32 Å². The summed E-state index contributed by atoms with van der Waals surface area (Å²) in [7, 11) is 0. The van der Waals surface area contributed by atoms with Gasteiger partial charge in [0, 0.05) is 12.1 Å². The van der Waals surface area contributed by atoms with Crippen LogP contribution in [0.25, 0.3) is 11.0 Å². The summed E-state index contributed by atoms with van der Waals surface area (Å²) in [6.45, 7) is 2.66. The number of para-hydroxylation sites is 2. The van der Waals surface area contributed by atoms with E-state index < -0.39 is 11.6 Å². The van der Waals surface area contributed by atoms with E-state index in [1.165, 1.54) is 0 Å². The number of rotatable bonds is 4. The standard InChI is InChI=1S/C17H16N2O4/c1-2-22-14-9-5-3-7-12(14)11-18-17(21)19-16(20)13-8-4-6-10-15(13)23-19/h3-10H,2,11H2,1H3,(H,18,21). The first kappa shape index (κ1) is 14.9. The molecule has 0 aliphatic carbocycles. The van der Waals surface area contributed by atoms with Crippen molar-refractivity contribution in [3.8, 4) is 5.75 Å². The molecule has 0 unspecified atom stereocenters. The number of ether oxygens (including phenoxy) is 1. The van der Waals surface area contributed by atoms with E-state index in [0.717, 1.165) is 10.3 Å². The lowest BCUT2D eigenvalue weighted by molar-refractivity contribution is 0.213. The summed E-state index contributed by atoms with van der Waals surface area (Å²) in [5.41, 5.74) is 0.727. The van der Waals surface area contributed by atoms with Gasteiger partial charge in [0.05, 0.1) is 12.0 Å². The normalized spacial score (nSPS) is 10.7. The van der Waals surface area contributed by atoms with Crippen molar-refractivity contribution in [2.24, 2.45) is 0 Å². The van der Waals surface area contributed by atoms with Crippen LogP contribution in [0, 0.1) is 0 Å². The monoisotopic (exact) mass is 312 g/mol. The minimum Gasteiger partial charge on any atom is -0.494 e. The summed E-state index contributed by atoms with van der Waals surface area (Å²) in [6.07, 6.45) is 0. The van der Waals surface area contributed by atoms with E-state index in [9.17, 15) is 9.59 Å². The number of benzene rings is 2. The third-order valence-corrected chi connectivity index (χ3v) is 3.38. The smallest absolute Gasteiger partial charge is 0.358 e. The fourth-order valence-corrected chi connectivity index (χ4v) is 2.29. The van der Waals surface area contributed by atoms with Crippen molar-refractivity contribution in [2.75, 3.05) is 6.61 Å². The number of hydrogen-bond donors (Lipinski definition) is 1. The van der Waals surface area contributed by atoms with Gasteiger partial charge in [0.2, 0.25) is 0 Å². The van der Waals surface area contributed by atoms with Crippen molar-refractivity contribution in [1.29, 1.82) is 0 Å². The van der Waals surface area contributed by atoms with E-state index in [1.54, 1.807) is 24.3 Å². The minimum absolute atomic E-state index is 0.235. The molecule has 1 amide bonds. The van der Waals surface area contributed by atoms with E-state index >= 15 is 0 Å². The zero-order valence-electron chi connectivity index (χ0n) is 12.6. The maximum atomic E-state index is 12.2. The quantitative estimate of drug-likeness (QED) is 0.804. The predicted molar refractivity (Wildman–Crippen MR) is 85.7 cm³/mol. The lowest BCUT2D eigenvalue weighted by Crippen LogP contribution is -2.33. The van der Waals surface area contributed by atoms with Crippen LogP contribution in [-0.2, 0) is 6.54 Å². The first-order valence-corrected chi connectivity index (χ1v) is 7.30. The lowest BCUT2D eigenvalue weighted by atomic mass is 10.2. The molecule has 0 bridgehead atoms. The van der Waals surface area contributed by atoms with Crippen LogP contribution in [0.15, 0.2) is 57.8 Å². The molecule has 3 rings (SSSR count). The molecule has 3 aromatic rings. The number of fused-ring (bicyclic) bond motifs is 1. The highest BCUT2D eigenvalue weighted by atomic mass is 16.5. The number of hydrogen-bond acceptors (Lipinski definition) is 4. The molecule has 0 saturated heterocycles.